The molecule has 4 rings (SSSR count). The van der Waals surface area contributed by atoms with Crippen molar-refractivity contribution in [3.8, 4) is 0 Å². The van der Waals surface area contributed by atoms with Crippen LogP contribution in [0.5, 0.6) is 0 Å². The van der Waals surface area contributed by atoms with Crippen LogP contribution >= 0.6 is 0 Å². The van der Waals surface area contributed by atoms with E-state index in [-0.39, 0.29) is 19.9 Å². The van der Waals surface area contributed by atoms with Crippen molar-refractivity contribution >= 4 is 28.6 Å². The fourth-order valence-electron chi connectivity index (χ4n) is 3.11. The third-order valence-corrected chi connectivity index (χ3v) is 4.67. The zero-order valence-corrected chi connectivity index (χ0v) is 14.8. The zero-order valence-electron chi connectivity index (χ0n) is 14.8. The second kappa shape index (κ2) is 8.20. The number of ether oxygens (including phenoxy) is 1. The smallest absolute Gasteiger partial charge is 0.327 e. The normalized spacial score (nSPS) is 13.8. The van der Waals surface area contributed by atoms with E-state index in [1.165, 1.54) is 23.9 Å². The van der Waals surface area contributed by atoms with Crippen LogP contribution in [0.15, 0.2) is 30.9 Å². The highest BCUT2D eigenvalue weighted by Crippen LogP contribution is 2.29. The van der Waals surface area contributed by atoms with Crippen LogP contribution in [0, 0.1) is 5.92 Å². The summed E-state index contributed by atoms with van der Waals surface area (Å²) >= 11 is 0. The van der Waals surface area contributed by atoms with E-state index < -0.39 is 0 Å². The van der Waals surface area contributed by atoms with E-state index in [9.17, 15) is 4.79 Å². The highest BCUT2D eigenvalue weighted by molar-refractivity contribution is 5.76. The first-order valence-electron chi connectivity index (χ1n) is 8.98. The second-order valence-electron chi connectivity index (χ2n) is 6.59. The summed E-state index contributed by atoms with van der Waals surface area (Å²) in [5.74, 6) is 0.966. The lowest BCUT2D eigenvalue weighted by molar-refractivity contribution is -0.144. The molecule has 27 heavy (non-hydrogen) atoms. The first-order valence-corrected chi connectivity index (χ1v) is 8.98. The Morgan fingerprint density at radius 2 is 2.22 bits per heavy atom. The van der Waals surface area contributed by atoms with Crippen LogP contribution in [0.3, 0.4) is 0 Å². The summed E-state index contributed by atoms with van der Waals surface area (Å²) in [5, 5.41) is 8.34. The Kier molecular flexibility index (Phi) is 5.73. The number of nitrogens with one attached hydrogen (secondary N) is 1. The quantitative estimate of drug-likeness (QED) is 0.642. The van der Waals surface area contributed by atoms with E-state index in [1.54, 1.807) is 19.3 Å². The molecule has 1 N–H and O–H groups in total. The lowest BCUT2D eigenvalue weighted by Crippen LogP contribution is -2.17. The maximum absolute atomic E-state index is 11.5. The fraction of sp³-hybridized carbons (Fsp3) is 0.474. The van der Waals surface area contributed by atoms with Crippen molar-refractivity contribution in [1.29, 1.82) is 0 Å². The summed E-state index contributed by atoms with van der Waals surface area (Å²) in [6.45, 7) is 3.24. The average molecular weight is 370 g/mol. The molecule has 0 bridgehead atoms. The number of aromatic nitrogens is 5. The monoisotopic (exact) mass is 370 g/mol. The van der Waals surface area contributed by atoms with Crippen molar-refractivity contribution in [3.05, 3.63) is 30.9 Å². The molecule has 0 spiro atoms. The minimum Gasteiger partial charge on any atom is -0.465 e. The molecule has 3 aromatic rings. The first-order chi connectivity index (χ1) is 12.7. The van der Waals surface area contributed by atoms with E-state index in [4.69, 9.17) is 4.74 Å². The number of esters is 1. The highest BCUT2D eigenvalue weighted by atomic mass is 16.5. The van der Waals surface area contributed by atoms with Gasteiger partial charge in [0.2, 0.25) is 5.95 Å². The lowest BCUT2D eigenvalue weighted by Gasteiger charge is -2.25. The summed E-state index contributed by atoms with van der Waals surface area (Å²) in [7, 11) is 0. The molecule has 1 fully saturated rings. The molecule has 3 heterocycles. The average Bonchev–Trinajstić information content (AvgIpc) is 3.18. The summed E-state index contributed by atoms with van der Waals surface area (Å²) in [4.78, 5) is 20.5. The maximum atomic E-state index is 11.5. The minimum atomic E-state index is -0.311. The van der Waals surface area contributed by atoms with E-state index in [0.717, 1.165) is 29.2 Å². The lowest BCUT2D eigenvalue weighted by atomic mass is 9.85. The topological polar surface area (TPSA) is 86.9 Å². The Bertz CT molecular complexity index is 912. The Morgan fingerprint density at radius 3 is 2.96 bits per heavy atom. The van der Waals surface area contributed by atoms with Gasteiger partial charge < -0.3 is 14.6 Å². The third-order valence-electron chi connectivity index (χ3n) is 4.67. The van der Waals surface area contributed by atoms with E-state index >= 15 is 0 Å². The molecular weight excluding hydrogens is 344 g/mol. The van der Waals surface area contributed by atoms with Crippen molar-refractivity contribution in [2.24, 2.45) is 5.92 Å². The number of anilines is 2. The fourth-order valence-corrected chi connectivity index (χ4v) is 3.11. The van der Waals surface area contributed by atoms with Gasteiger partial charge in [-0.3, -0.25) is 9.48 Å². The van der Waals surface area contributed by atoms with Crippen LogP contribution in [-0.2, 0) is 22.6 Å². The van der Waals surface area contributed by atoms with Crippen molar-refractivity contribution in [3.63, 3.8) is 0 Å². The molecule has 144 valence electrons. The van der Waals surface area contributed by atoms with Gasteiger partial charge in [0.05, 0.1) is 18.5 Å². The molecule has 3 aromatic heterocycles. The molecule has 0 aromatic carbocycles. The van der Waals surface area contributed by atoms with Gasteiger partial charge in [0.25, 0.3) is 0 Å². The van der Waals surface area contributed by atoms with Crippen molar-refractivity contribution in [1.82, 2.24) is 24.3 Å². The van der Waals surface area contributed by atoms with Gasteiger partial charge in [0.1, 0.15) is 12.2 Å². The van der Waals surface area contributed by atoms with Gasteiger partial charge in [-0.05, 0) is 31.7 Å². The number of hydrogen-bond acceptors (Lipinski definition) is 6. The van der Waals surface area contributed by atoms with Crippen molar-refractivity contribution < 1.29 is 9.53 Å². The molecule has 0 saturated heterocycles. The number of rotatable bonds is 7. The zero-order chi connectivity index (χ0) is 17.9. The third kappa shape index (κ3) is 4.27. The van der Waals surface area contributed by atoms with E-state index in [2.05, 4.69) is 37.2 Å². The predicted octanol–water partition coefficient (Wildman–Crippen LogP) is 3.37. The molecule has 0 radical (unpaired) electrons. The van der Waals surface area contributed by atoms with Crippen LogP contribution in [0.4, 0.5) is 11.6 Å². The van der Waals surface area contributed by atoms with Gasteiger partial charge >= 0.3 is 5.97 Å². The van der Waals surface area contributed by atoms with Crippen LogP contribution in [0.25, 0.3) is 11.0 Å². The summed E-state index contributed by atoms with van der Waals surface area (Å²) in [5.41, 5.74) is 1.67. The number of nitrogens with zero attached hydrogens (tertiary/aromatic N) is 5. The molecule has 1 saturated carbocycles. The summed E-state index contributed by atoms with van der Waals surface area (Å²) in [6.07, 6.45) is 11.2. The van der Waals surface area contributed by atoms with Crippen molar-refractivity contribution in [2.75, 3.05) is 11.9 Å². The van der Waals surface area contributed by atoms with Crippen LogP contribution < -0.4 is 5.32 Å². The van der Waals surface area contributed by atoms with E-state index in [0.29, 0.717) is 12.6 Å². The molecule has 8 nitrogen and oxygen atoms in total. The summed E-state index contributed by atoms with van der Waals surface area (Å²) < 4.78 is 8.65. The van der Waals surface area contributed by atoms with Crippen LogP contribution in [0.1, 0.15) is 33.6 Å². The second-order valence-corrected chi connectivity index (χ2v) is 6.59. The number of fused-ring (bicyclic) bond motifs is 1. The van der Waals surface area contributed by atoms with Crippen molar-refractivity contribution in [2.45, 2.75) is 46.7 Å². The molecule has 8 heteroatoms. The predicted molar refractivity (Wildman–Crippen MR) is 104 cm³/mol. The van der Waals surface area contributed by atoms with Gasteiger partial charge in [0, 0.05) is 30.5 Å². The highest BCUT2D eigenvalue weighted by Gasteiger charge is 2.19. The van der Waals surface area contributed by atoms with Crippen LogP contribution in [-0.4, -0.2) is 36.9 Å². The SMILES string of the molecule is C.CCOC(=O)Cn1cc(Nc2ncc3ccn(CC4CCC4)c3n2)cn1. The Hall–Kier alpha value is -2.90. The molecule has 0 atom stereocenters. The number of carbonyl (C=O) groups excluding carboxylic acids is 1. The summed E-state index contributed by atoms with van der Waals surface area (Å²) in [6, 6.07) is 2.05. The van der Waals surface area contributed by atoms with Gasteiger partial charge in [-0.25, -0.2) is 4.98 Å². The molecule has 0 unspecified atom stereocenters. The molecule has 1 aliphatic carbocycles. The van der Waals surface area contributed by atoms with Crippen LogP contribution in [0.2, 0.25) is 0 Å². The Morgan fingerprint density at radius 1 is 1.37 bits per heavy atom. The number of carbonyl (C=O) groups is 1. The van der Waals surface area contributed by atoms with Gasteiger partial charge in [-0.2, -0.15) is 10.1 Å². The van der Waals surface area contributed by atoms with Gasteiger partial charge in [-0.15, -0.1) is 0 Å². The van der Waals surface area contributed by atoms with Gasteiger partial charge in [0.15, 0.2) is 0 Å². The Labute approximate surface area is 158 Å². The minimum absolute atomic E-state index is 0. The Balaban J connectivity index is 0.00000210. The largest absolute Gasteiger partial charge is 0.465 e. The maximum Gasteiger partial charge on any atom is 0.327 e. The molecule has 0 amide bonds. The van der Waals surface area contributed by atoms with E-state index in [1.807, 2.05) is 6.20 Å². The standard InChI is InChI=1S/C18H22N6O2.CH4/c1-2-26-16(25)12-24-11-15(9-20-24)21-18-19-8-14-6-7-23(17(14)22-18)10-13-4-3-5-13;/h6-9,11,13H,2-5,10,12H2,1H3,(H,19,21,22);1H4. The number of hydrogen-bond donors (Lipinski definition) is 1. The molecule has 1 aliphatic rings. The molecular formula is C19H26N6O2. The molecule has 0 aliphatic heterocycles. The first kappa shape index (κ1) is 18.9. The van der Waals surface area contributed by atoms with Gasteiger partial charge in [-0.1, -0.05) is 13.8 Å².